The highest BCUT2D eigenvalue weighted by atomic mass is 16.2. The van der Waals surface area contributed by atoms with Crippen LogP contribution < -0.4 is 15.8 Å². The minimum Gasteiger partial charge on any atom is -0.378 e. The molecule has 0 saturated carbocycles. The molecule has 1 N–H and O–H groups in total. The first-order valence-corrected chi connectivity index (χ1v) is 8.02. The van der Waals surface area contributed by atoms with Crippen LogP contribution in [0.1, 0.15) is 5.56 Å². The summed E-state index contributed by atoms with van der Waals surface area (Å²) in [4.78, 5) is 30.8. The Morgan fingerprint density at radius 1 is 1.16 bits per heavy atom. The van der Waals surface area contributed by atoms with Gasteiger partial charge in [0.2, 0.25) is 5.91 Å². The van der Waals surface area contributed by atoms with Crippen molar-refractivity contribution in [1.82, 2.24) is 14.9 Å². The van der Waals surface area contributed by atoms with E-state index in [-0.39, 0.29) is 18.0 Å². The van der Waals surface area contributed by atoms with Crippen LogP contribution in [0.2, 0.25) is 0 Å². The van der Waals surface area contributed by atoms with Crippen LogP contribution in [0.25, 0.3) is 10.9 Å². The first-order chi connectivity index (χ1) is 12.0. The molecule has 1 aromatic heterocycles. The fourth-order valence-electron chi connectivity index (χ4n) is 2.57. The van der Waals surface area contributed by atoms with Crippen LogP contribution in [0.15, 0.2) is 59.7 Å². The predicted octanol–water partition coefficient (Wildman–Crippen LogP) is 1.78. The van der Waals surface area contributed by atoms with E-state index in [0.717, 1.165) is 11.3 Å². The van der Waals surface area contributed by atoms with Gasteiger partial charge in [-0.05, 0) is 29.8 Å². The van der Waals surface area contributed by atoms with E-state index >= 15 is 0 Å². The van der Waals surface area contributed by atoms with Crippen LogP contribution in [0.3, 0.4) is 0 Å². The number of amides is 1. The SMILES string of the molecule is CN(C)c1cccc(CNC(=O)Cn2cnc3ccccc3c2=O)c1. The minimum absolute atomic E-state index is 0.0515. The molecule has 128 valence electrons. The highest BCUT2D eigenvalue weighted by Gasteiger charge is 2.08. The average molecular weight is 336 g/mol. The normalized spacial score (nSPS) is 10.6. The molecule has 0 unspecified atom stereocenters. The third kappa shape index (κ3) is 3.85. The van der Waals surface area contributed by atoms with Crippen LogP contribution in [0.4, 0.5) is 5.69 Å². The molecule has 3 aromatic rings. The van der Waals surface area contributed by atoms with Crippen molar-refractivity contribution in [3.05, 3.63) is 70.8 Å². The van der Waals surface area contributed by atoms with Crippen molar-refractivity contribution in [3.8, 4) is 0 Å². The average Bonchev–Trinajstić information content (AvgIpc) is 2.63. The molecular weight excluding hydrogens is 316 g/mol. The third-order valence-corrected chi connectivity index (χ3v) is 3.96. The number of para-hydroxylation sites is 1. The summed E-state index contributed by atoms with van der Waals surface area (Å²) < 4.78 is 1.33. The van der Waals surface area contributed by atoms with Gasteiger partial charge in [0.05, 0.1) is 17.2 Å². The molecule has 1 heterocycles. The quantitative estimate of drug-likeness (QED) is 0.771. The molecule has 0 fully saturated rings. The Morgan fingerprint density at radius 2 is 1.96 bits per heavy atom. The second-order valence-electron chi connectivity index (χ2n) is 6.04. The van der Waals surface area contributed by atoms with Crippen LogP contribution in [0, 0.1) is 0 Å². The number of hydrogen-bond acceptors (Lipinski definition) is 4. The number of nitrogens with zero attached hydrogens (tertiary/aromatic N) is 3. The van der Waals surface area contributed by atoms with E-state index in [4.69, 9.17) is 0 Å². The highest BCUT2D eigenvalue weighted by molar-refractivity contribution is 5.78. The lowest BCUT2D eigenvalue weighted by atomic mass is 10.2. The van der Waals surface area contributed by atoms with Gasteiger partial charge in [-0.3, -0.25) is 14.2 Å². The number of carbonyl (C=O) groups is 1. The first-order valence-electron chi connectivity index (χ1n) is 8.02. The number of hydrogen-bond donors (Lipinski definition) is 1. The monoisotopic (exact) mass is 336 g/mol. The number of fused-ring (bicyclic) bond motifs is 1. The lowest BCUT2D eigenvalue weighted by Gasteiger charge is -2.14. The van der Waals surface area contributed by atoms with Gasteiger partial charge in [0.25, 0.3) is 5.56 Å². The van der Waals surface area contributed by atoms with Crippen molar-refractivity contribution in [2.24, 2.45) is 0 Å². The molecule has 0 aliphatic carbocycles. The summed E-state index contributed by atoms with van der Waals surface area (Å²) in [5.74, 6) is -0.227. The van der Waals surface area contributed by atoms with Gasteiger partial charge >= 0.3 is 0 Å². The molecule has 0 radical (unpaired) electrons. The van der Waals surface area contributed by atoms with Gasteiger partial charge in [-0.2, -0.15) is 0 Å². The lowest BCUT2D eigenvalue weighted by Crippen LogP contribution is -2.32. The summed E-state index contributed by atoms with van der Waals surface area (Å²) >= 11 is 0. The van der Waals surface area contributed by atoms with Crippen molar-refractivity contribution in [1.29, 1.82) is 0 Å². The second-order valence-corrected chi connectivity index (χ2v) is 6.04. The number of anilines is 1. The van der Waals surface area contributed by atoms with E-state index in [1.807, 2.05) is 49.3 Å². The standard InChI is InChI=1S/C19H20N4O2/c1-22(2)15-7-5-6-14(10-15)11-20-18(24)12-23-13-21-17-9-4-3-8-16(17)19(23)25/h3-10,13H,11-12H2,1-2H3,(H,20,24). The Bertz CT molecular complexity index is 963. The molecule has 0 atom stereocenters. The summed E-state index contributed by atoms with van der Waals surface area (Å²) in [7, 11) is 3.94. The molecule has 2 aromatic carbocycles. The van der Waals surface area contributed by atoms with Crippen LogP contribution in [-0.4, -0.2) is 29.6 Å². The summed E-state index contributed by atoms with van der Waals surface area (Å²) in [6.07, 6.45) is 1.41. The summed E-state index contributed by atoms with van der Waals surface area (Å²) in [5.41, 5.74) is 2.49. The molecular formula is C19H20N4O2. The van der Waals surface area contributed by atoms with Gasteiger partial charge < -0.3 is 10.2 Å². The Balaban J connectivity index is 1.68. The van der Waals surface area contributed by atoms with E-state index in [9.17, 15) is 9.59 Å². The van der Waals surface area contributed by atoms with Crippen LogP contribution in [0.5, 0.6) is 0 Å². The van der Waals surface area contributed by atoms with Crippen molar-refractivity contribution >= 4 is 22.5 Å². The maximum Gasteiger partial charge on any atom is 0.261 e. The maximum atomic E-state index is 12.4. The molecule has 25 heavy (non-hydrogen) atoms. The van der Waals surface area contributed by atoms with E-state index in [1.54, 1.807) is 18.2 Å². The van der Waals surface area contributed by atoms with E-state index in [2.05, 4.69) is 10.3 Å². The Kier molecular flexibility index (Phi) is 4.79. The number of aromatic nitrogens is 2. The second kappa shape index (κ2) is 7.17. The Hall–Kier alpha value is -3.15. The number of carbonyl (C=O) groups excluding carboxylic acids is 1. The summed E-state index contributed by atoms with van der Waals surface area (Å²) in [5, 5.41) is 3.35. The Labute approximate surface area is 145 Å². The molecule has 0 saturated heterocycles. The van der Waals surface area contributed by atoms with E-state index < -0.39 is 0 Å². The van der Waals surface area contributed by atoms with Gasteiger partial charge in [-0.15, -0.1) is 0 Å². The molecule has 6 heteroatoms. The molecule has 3 rings (SSSR count). The van der Waals surface area contributed by atoms with Gasteiger partial charge in [0.1, 0.15) is 6.54 Å². The van der Waals surface area contributed by atoms with Gasteiger partial charge in [0, 0.05) is 26.3 Å². The number of nitrogens with one attached hydrogen (secondary N) is 1. The highest BCUT2D eigenvalue weighted by Crippen LogP contribution is 2.13. The van der Waals surface area contributed by atoms with Crippen LogP contribution >= 0.6 is 0 Å². The minimum atomic E-state index is -0.227. The zero-order valence-corrected chi connectivity index (χ0v) is 14.3. The molecule has 1 amide bonds. The summed E-state index contributed by atoms with van der Waals surface area (Å²) in [6, 6.07) is 15.0. The van der Waals surface area contributed by atoms with Crippen molar-refractivity contribution in [2.75, 3.05) is 19.0 Å². The fourth-order valence-corrected chi connectivity index (χ4v) is 2.57. The number of rotatable bonds is 5. The molecule has 6 nitrogen and oxygen atoms in total. The topological polar surface area (TPSA) is 67.2 Å². The largest absolute Gasteiger partial charge is 0.378 e. The van der Waals surface area contributed by atoms with Gasteiger partial charge in [-0.25, -0.2) is 4.98 Å². The zero-order valence-electron chi connectivity index (χ0n) is 14.3. The lowest BCUT2D eigenvalue weighted by molar-refractivity contribution is -0.121. The van der Waals surface area contributed by atoms with E-state index in [1.165, 1.54) is 10.9 Å². The number of benzene rings is 2. The first kappa shape index (κ1) is 16.7. The van der Waals surface area contributed by atoms with Gasteiger partial charge in [-0.1, -0.05) is 24.3 Å². The maximum absolute atomic E-state index is 12.4. The predicted molar refractivity (Wildman–Crippen MR) is 98.6 cm³/mol. The fraction of sp³-hybridized carbons (Fsp3) is 0.211. The van der Waals surface area contributed by atoms with Crippen molar-refractivity contribution in [3.63, 3.8) is 0 Å². The molecule has 0 bridgehead atoms. The summed E-state index contributed by atoms with van der Waals surface area (Å²) in [6.45, 7) is 0.361. The third-order valence-electron chi connectivity index (χ3n) is 3.96. The van der Waals surface area contributed by atoms with E-state index in [0.29, 0.717) is 17.4 Å². The zero-order chi connectivity index (χ0) is 17.8. The van der Waals surface area contributed by atoms with Crippen molar-refractivity contribution in [2.45, 2.75) is 13.1 Å². The molecule has 0 aliphatic rings. The van der Waals surface area contributed by atoms with Crippen LogP contribution in [-0.2, 0) is 17.9 Å². The molecule has 0 spiro atoms. The van der Waals surface area contributed by atoms with Crippen molar-refractivity contribution < 1.29 is 4.79 Å². The molecule has 0 aliphatic heterocycles. The smallest absolute Gasteiger partial charge is 0.261 e. The Morgan fingerprint density at radius 3 is 2.76 bits per heavy atom. The van der Waals surface area contributed by atoms with Gasteiger partial charge in [0.15, 0.2) is 0 Å².